The van der Waals surface area contributed by atoms with Crippen molar-refractivity contribution >= 4 is 15.9 Å². The first kappa shape index (κ1) is 10.1. The van der Waals surface area contributed by atoms with E-state index in [1.54, 1.807) is 0 Å². The van der Waals surface area contributed by atoms with E-state index in [4.69, 9.17) is 4.74 Å². The van der Waals surface area contributed by atoms with Gasteiger partial charge in [-0.25, -0.2) is 0 Å². The molecule has 1 N–H and O–H groups in total. The van der Waals surface area contributed by atoms with Gasteiger partial charge in [-0.3, -0.25) is 5.32 Å². The van der Waals surface area contributed by atoms with Gasteiger partial charge in [0.25, 0.3) is 0 Å². The van der Waals surface area contributed by atoms with E-state index >= 15 is 0 Å². The molecule has 0 spiro atoms. The van der Waals surface area contributed by atoms with Crippen LogP contribution >= 0.6 is 15.9 Å². The summed E-state index contributed by atoms with van der Waals surface area (Å²) in [7, 11) is 0. The highest BCUT2D eigenvalue weighted by Gasteiger charge is 2.12. The number of benzene rings is 1. The molecule has 1 aromatic carbocycles. The van der Waals surface area contributed by atoms with Crippen molar-refractivity contribution < 1.29 is 4.74 Å². The molecule has 1 heterocycles. The Morgan fingerprint density at radius 2 is 2.14 bits per heavy atom. The number of ether oxygens (including phenoxy) is 1. The lowest BCUT2D eigenvalue weighted by Gasteiger charge is -2.24. The normalized spacial score (nSPS) is 22.2. The summed E-state index contributed by atoms with van der Waals surface area (Å²) < 4.78 is 6.71. The van der Waals surface area contributed by atoms with E-state index in [0.29, 0.717) is 0 Å². The van der Waals surface area contributed by atoms with Crippen molar-refractivity contribution in [3.63, 3.8) is 0 Å². The van der Waals surface area contributed by atoms with Gasteiger partial charge in [-0.05, 0) is 30.7 Å². The van der Waals surface area contributed by atoms with Gasteiger partial charge in [0, 0.05) is 17.5 Å². The predicted octanol–water partition coefficient (Wildman–Crippen LogP) is 2.33. The van der Waals surface area contributed by atoms with Crippen LogP contribution in [0, 0.1) is 0 Å². The van der Waals surface area contributed by atoms with Gasteiger partial charge in [-0.1, -0.05) is 28.1 Å². The van der Waals surface area contributed by atoms with Gasteiger partial charge in [0.05, 0.1) is 0 Å². The minimum Gasteiger partial charge on any atom is -0.363 e. The molecule has 0 radical (unpaired) electrons. The topological polar surface area (TPSA) is 21.3 Å². The van der Waals surface area contributed by atoms with Crippen molar-refractivity contribution in [2.45, 2.75) is 19.1 Å². The Bertz CT molecular complexity index is 280. The van der Waals surface area contributed by atoms with Gasteiger partial charge in [-0.2, -0.15) is 0 Å². The molecule has 0 aromatic heterocycles. The third-order valence-electron chi connectivity index (χ3n) is 2.35. The number of rotatable bonds is 2. The van der Waals surface area contributed by atoms with E-state index in [1.807, 2.05) is 0 Å². The molecule has 1 aliphatic rings. The standard InChI is InChI=1S/C11H14BrNO/c12-10-4-2-9(3-5-10)8-11-13-6-1-7-14-11/h2-5,11,13H,1,6-8H2. The number of halogens is 1. The molecule has 76 valence electrons. The van der Waals surface area contributed by atoms with Crippen molar-refractivity contribution in [3.8, 4) is 0 Å². The van der Waals surface area contributed by atoms with Gasteiger partial charge >= 0.3 is 0 Å². The lowest BCUT2D eigenvalue weighted by Crippen LogP contribution is -2.39. The van der Waals surface area contributed by atoms with Gasteiger partial charge < -0.3 is 4.74 Å². The first-order chi connectivity index (χ1) is 6.84. The number of nitrogens with one attached hydrogen (secondary N) is 1. The van der Waals surface area contributed by atoms with Crippen molar-refractivity contribution in [2.75, 3.05) is 13.2 Å². The smallest absolute Gasteiger partial charge is 0.112 e. The highest BCUT2D eigenvalue weighted by Crippen LogP contribution is 2.13. The minimum absolute atomic E-state index is 0.199. The van der Waals surface area contributed by atoms with E-state index in [1.165, 1.54) is 5.56 Å². The summed E-state index contributed by atoms with van der Waals surface area (Å²) >= 11 is 3.42. The zero-order valence-corrected chi connectivity index (χ0v) is 9.59. The van der Waals surface area contributed by atoms with Crippen LogP contribution in [0.4, 0.5) is 0 Å². The highest BCUT2D eigenvalue weighted by molar-refractivity contribution is 9.10. The van der Waals surface area contributed by atoms with E-state index < -0.39 is 0 Å². The summed E-state index contributed by atoms with van der Waals surface area (Å²) in [5, 5.41) is 3.35. The van der Waals surface area contributed by atoms with E-state index in [0.717, 1.165) is 30.5 Å². The summed E-state index contributed by atoms with van der Waals surface area (Å²) in [5.74, 6) is 0. The van der Waals surface area contributed by atoms with Gasteiger partial charge in [0.15, 0.2) is 0 Å². The monoisotopic (exact) mass is 255 g/mol. The van der Waals surface area contributed by atoms with Crippen LogP contribution in [0.15, 0.2) is 28.7 Å². The Morgan fingerprint density at radius 1 is 1.36 bits per heavy atom. The Labute approximate surface area is 92.8 Å². The number of hydrogen-bond donors (Lipinski definition) is 1. The van der Waals surface area contributed by atoms with Crippen LogP contribution < -0.4 is 5.32 Å². The van der Waals surface area contributed by atoms with Crippen LogP contribution in [0.2, 0.25) is 0 Å². The third kappa shape index (κ3) is 2.80. The molecule has 3 heteroatoms. The lowest BCUT2D eigenvalue weighted by molar-refractivity contribution is 0.00195. The third-order valence-corrected chi connectivity index (χ3v) is 2.88. The predicted molar refractivity (Wildman–Crippen MR) is 60.2 cm³/mol. The fourth-order valence-corrected chi connectivity index (χ4v) is 1.85. The molecule has 14 heavy (non-hydrogen) atoms. The summed E-state index contributed by atoms with van der Waals surface area (Å²) in [6.07, 6.45) is 2.27. The quantitative estimate of drug-likeness (QED) is 0.876. The van der Waals surface area contributed by atoms with Crippen molar-refractivity contribution in [1.29, 1.82) is 0 Å². The molecule has 1 atom stereocenters. The minimum atomic E-state index is 0.199. The van der Waals surface area contributed by atoms with Crippen molar-refractivity contribution in [1.82, 2.24) is 5.32 Å². The summed E-state index contributed by atoms with van der Waals surface area (Å²) in [4.78, 5) is 0. The molecule has 0 bridgehead atoms. The number of hydrogen-bond acceptors (Lipinski definition) is 2. The maximum absolute atomic E-state index is 5.59. The average molecular weight is 256 g/mol. The SMILES string of the molecule is Brc1ccc(CC2NCCCO2)cc1. The highest BCUT2D eigenvalue weighted by atomic mass is 79.9. The van der Waals surface area contributed by atoms with Crippen molar-refractivity contribution in [3.05, 3.63) is 34.3 Å². The largest absolute Gasteiger partial charge is 0.363 e. The maximum atomic E-state index is 5.59. The summed E-state index contributed by atoms with van der Waals surface area (Å²) in [6.45, 7) is 1.95. The first-order valence-corrected chi connectivity index (χ1v) is 5.73. The second kappa shape index (κ2) is 4.91. The van der Waals surface area contributed by atoms with Gasteiger partial charge in [0.2, 0.25) is 0 Å². The molecule has 2 rings (SSSR count). The zero-order chi connectivity index (χ0) is 9.80. The van der Waals surface area contributed by atoms with Crippen LogP contribution in [-0.2, 0) is 11.2 Å². The Hall–Kier alpha value is -0.380. The molecule has 1 fully saturated rings. The molecule has 1 aliphatic heterocycles. The fraction of sp³-hybridized carbons (Fsp3) is 0.455. The average Bonchev–Trinajstić information content (AvgIpc) is 2.23. The molecular formula is C11H14BrNO. The molecular weight excluding hydrogens is 242 g/mol. The van der Waals surface area contributed by atoms with Crippen LogP contribution in [-0.4, -0.2) is 19.4 Å². The van der Waals surface area contributed by atoms with Crippen molar-refractivity contribution in [2.24, 2.45) is 0 Å². The summed E-state index contributed by atoms with van der Waals surface area (Å²) in [6, 6.07) is 8.39. The molecule has 2 nitrogen and oxygen atoms in total. The first-order valence-electron chi connectivity index (χ1n) is 4.94. The lowest BCUT2D eigenvalue weighted by atomic mass is 10.1. The summed E-state index contributed by atoms with van der Waals surface area (Å²) in [5.41, 5.74) is 1.31. The van der Waals surface area contributed by atoms with Crippen LogP contribution in [0.5, 0.6) is 0 Å². The molecule has 1 aromatic rings. The molecule has 0 amide bonds. The van der Waals surface area contributed by atoms with Crippen LogP contribution in [0.25, 0.3) is 0 Å². The molecule has 1 unspecified atom stereocenters. The van der Waals surface area contributed by atoms with E-state index in [2.05, 4.69) is 45.5 Å². The van der Waals surface area contributed by atoms with E-state index in [9.17, 15) is 0 Å². The van der Waals surface area contributed by atoms with Gasteiger partial charge in [0.1, 0.15) is 6.23 Å². The Balaban J connectivity index is 1.92. The molecule has 1 saturated heterocycles. The molecule has 0 saturated carbocycles. The maximum Gasteiger partial charge on any atom is 0.112 e. The van der Waals surface area contributed by atoms with Crippen LogP contribution in [0.1, 0.15) is 12.0 Å². The second-order valence-corrected chi connectivity index (χ2v) is 4.41. The van der Waals surface area contributed by atoms with E-state index in [-0.39, 0.29) is 6.23 Å². The molecule has 0 aliphatic carbocycles. The van der Waals surface area contributed by atoms with Crippen LogP contribution in [0.3, 0.4) is 0 Å². The zero-order valence-electron chi connectivity index (χ0n) is 8.00. The second-order valence-electron chi connectivity index (χ2n) is 3.50. The Morgan fingerprint density at radius 3 is 2.79 bits per heavy atom. The van der Waals surface area contributed by atoms with Gasteiger partial charge in [-0.15, -0.1) is 0 Å². The fourth-order valence-electron chi connectivity index (χ4n) is 1.59. The Kier molecular flexibility index (Phi) is 3.56.